The summed E-state index contributed by atoms with van der Waals surface area (Å²) < 4.78 is 24.7. The Morgan fingerprint density at radius 2 is 2.10 bits per heavy atom. The number of carbonyl (C=O) groups is 1. The number of anilines is 1. The molecule has 0 atom stereocenters. The maximum atomic E-state index is 12.1. The van der Waals surface area contributed by atoms with E-state index in [2.05, 4.69) is 10.4 Å². The van der Waals surface area contributed by atoms with Crippen LogP contribution in [0.3, 0.4) is 0 Å². The quantitative estimate of drug-likeness (QED) is 0.792. The number of rotatable bonds is 4. The molecule has 0 aliphatic carbocycles. The van der Waals surface area contributed by atoms with Crippen LogP contribution in [-0.4, -0.2) is 30.4 Å². The van der Waals surface area contributed by atoms with E-state index in [1.165, 1.54) is 18.2 Å². The zero-order valence-electron chi connectivity index (χ0n) is 11.7. The van der Waals surface area contributed by atoms with Gasteiger partial charge in [0.2, 0.25) is 0 Å². The average molecular weight is 308 g/mol. The largest absolute Gasteiger partial charge is 0.399 e. The molecule has 0 fully saturated rings. The molecule has 1 amide bonds. The third kappa shape index (κ3) is 3.60. The van der Waals surface area contributed by atoms with Gasteiger partial charge in [0.1, 0.15) is 0 Å². The number of benzene rings is 1. The van der Waals surface area contributed by atoms with Crippen molar-refractivity contribution < 1.29 is 13.2 Å². The molecule has 2 rings (SSSR count). The van der Waals surface area contributed by atoms with E-state index < -0.39 is 15.7 Å². The van der Waals surface area contributed by atoms with Crippen LogP contribution in [0.15, 0.2) is 35.4 Å². The summed E-state index contributed by atoms with van der Waals surface area (Å²) in [5.41, 5.74) is 6.91. The predicted octanol–water partition coefficient (Wildman–Crippen LogP) is 0.336. The number of nitrogens with one attached hydrogen (secondary N) is 1. The van der Waals surface area contributed by atoms with Crippen molar-refractivity contribution in [2.45, 2.75) is 11.4 Å². The molecule has 0 spiro atoms. The number of carbonyl (C=O) groups excluding carboxylic acids is 1. The van der Waals surface area contributed by atoms with Crippen LogP contribution in [0.2, 0.25) is 0 Å². The first-order valence-electron chi connectivity index (χ1n) is 6.13. The molecule has 1 aromatic heterocycles. The maximum Gasteiger partial charge on any atom is 0.251 e. The van der Waals surface area contributed by atoms with Crippen molar-refractivity contribution in [2.24, 2.45) is 7.05 Å². The summed E-state index contributed by atoms with van der Waals surface area (Å²) in [4.78, 5) is 12.1. The van der Waals surface area contributed by atoms with Crippen LogP contribution in [-0.2, 0) is 23.4 Å². The summed E-state index contributed by atoms with van der Waals surface area (Å²) in [7, 11) is -1.65. The number of amides is 1. The second-order valence-corrected chi connectivity index (χ2v) is 6.71. The Bertz CT molecular complexity index is 780. The fourth-order valence-corrected chi connectivity index (χ4v) is 2.51. The Kier molecular flexibility index (Phi) is 3.99. The van der Waals surface area contributed by atoms with E-state index in [-0.39, 0.29) is 16.1 Å². The standard InChI is InChI=1S/C13H16N4O3S/c1-17-11(3-4-16-17)8-15-13(18)9-5-10(14)7-12(6-9)21(2,19)20/h3-7H,8,14H2,1-2H3,(H,15,18). The summed E-state index contributed by atoms with van der Waals surface area (Å²) in [6.45, 7) is 0.290. The van der Waals surface area contributed by atoms with Gasteiger partial charge in [-0.3, -0.25) is 9.48 Å². The Balaban J connectivity index is 2.20. The van der Waals surface area contributed by atoms with Gasteiger partial charge in [-0.1, -0.05) is 0 Å². The number of aromatic nitrogens is 2. The third-order valence-corrected chi connectivity index (χ3v) is 4.06. The Morgan fingerprint density at radius 1 is 1.38 bits per heavy atom. The Morgan fingerprint density at radius 3 is 2.67 bits per heavy atom. The number of nitrogens with two attached hydrogens (primary N) is 1. The Labute approximate surface area is 122 Å². The summed E-state index contributed by atoms with van der Waals surface area (Å²) in [6.07, 6.45) is 2.70. The molecule has 0 saturated heterocycles. The van der Waals surface area contributed by atoms with Crippen LogP contribution in [0.1, 0.15) is 16.1 Å². The van der Waals surface area contributed by atoms with Gasteiger partial charge in [0.05, 0.1) is 17.1 Å². The second-order valence-electron chi connectivity index (χ2n) is 4.69. The zero-order chi connectivity index (χ0) is 15.6. The van der Waals surface area contributed by atoms with Crippen LogP contribution in [0, 0.1) is 0 Å². The average Bonchev–Trinajstić information content (AvgIpc) is 2.79. The summed E-state index contributed by atoms with van der Waals surface area (Å²) in [5, 5.41) is 6.69. The lowest BCUT2D eigenvalue weighted by Gasteiger charge is -2.08. The van der Waals surface area contributed by atoms with Crippen LogP contribution in [0.25, 0.3) is 0 Å². The van der Waals surface area contributed by atoms with Crippen LogP contribution >= 0.6 is 0 Å². The lowest BCUT2D eigenvalue weighted by atomic mass is 10.2. The second kappa shape index (κ2) is 5.57. The molecule has 1 heterocycles. The maximum absolute atomic E-state index is 12.1. The van der Waals surface area contributed by atoms with Crippen molar-refractivity contribution in [2.75, 3.05) is 12.0 Å². The molecular weight excluding hydrogens is 292 g/mol. The van der Waals surface area contributed by atoms with Gasteiger partial charge in [-0.25, -0.2) is 8.42 Å². The van der Waals surface area contributed by atoms with Crippen molar-refractivity contribution in [3.05, 3.63) is 41.7 Å². The minimum absolute atomic E-state index is 0.0215. The number of hydrogen-bond acceptors (Lipinski definition) is 5. The predicted molar refractivity (Wildman–Crippen MR) is 78.3 cm³/mol. The Hall–Kier alpha value is -2.35. The van der Waals surface area contributed by atoms with Crippen LogP contribution < -0.4 is 11.1 Å². The molecule has 112 valence electrons. The number of hydrogen-bond donors (Lipinski definition) is 2. The zero-order valence-corrected chi connectivity index (χ0v) is 12.5. The fourth-order valence-electron chi connectivity index (χ4n) is 1.81. The van der Waals surface area contributed by atoms with Gasteiger partial charge in [0.15, 0.2) is 9.84 Å². The first kappa shape index (κ1) is 15.0. The van der Waals surface area contributed by atoms with Crippen molar-refractivity contribution in [1.29, 1.82) is 0 Å². The SMILES string of the molecule is Cn1nccc1CNC(=O)c1cc(N)cc(S(C)(=O)=O)c1. The molecule has 8 heteroatoms. The van der Waals surface area contributed by atoms with Crippen molar-refractivity contribution in [3.8, 4) is 0 Å². The van der Waals surface area contributed by atoms with E-state index >= 15 is 0 Å². The molecule has 3 N–H and O–H groups in total. The molecule has 0 unspecified atom stereocenters. The van der Waals surface area contributed by atoms with Crippen molar-refractivity contribution >= 4 is 21.4 Å². The normalized spacial score (nSPS) is 11.3. The molecule has 0 bridgehead atoms. The van der Waals surface area contributed by atoms with E-state index in [0.29, 0.717) is 6.54 Å². The van der Waals surface area contributed by atoms with Gasteiger partial charge in [-0.05, 0) is 24.3 Å². The highest BCUT2D eigenvalue weighted by Gasteiger charge is 2.13. The van der Waals surface area contributed by atoms with Crippen molar-refractivity contribution in [3.63, 3.8) is 0 Å². The first-order valence-corrected chi connectivity index (χ1v) is 8.02. The monoisotopic (exact) mass is 308 g/mol. The molecule has 2 aromatic rings. The van der Waals surface area contributed by atoms with Gasteiger partial charge in [-0.2, -0.15) is 5.10 Å². The highest BCUT2D eigenvalue weighted by Crippen LogP contribution is 2.17. The van der Waals surface area contributed by atoms with E-state index in [1.807, 2.05) is 0 Å². The molecule has 0 aliphatic heterocycles. The highest BCUT2D eigenvalue weighted by atomic mass is 32.2. The molecular formula is C13H16N4O3S. The van der Waals surface area contributed by atoms with E-state index in [1.54, 1.807) is 24.0 Å². The highest BCUT2D eigenvalue weighted by molar-refractivity contribution is 7.90. The van der Waals surface area contributed by atoms with Gasteiger partial charge >= 0.3 is 0 Å². The van der Waals surface area contributed by atoms with Gasteiger partial charge in [0.25, 0.3) is 5.91 Å². The molecule has 7 nitrogen and oxygen atoms in total. The van der Waals surface area contributed by atoms with Gasteiger partial charge in [-0.15, -0.1) is 0 Å². The summed E-state index contributed by atoms with van der Waals surface area (Å²) in [5.74, 6) is -0.395. The van der Waals surface area contributed by atoms with E-state index in [9.17, 15) is 13.2 Å². The van der Waals surface area contributed by atoms with Crippen LogP contribution in [0.4, 0.5) is 5.69 Å². The summed E-state index contributed by atoms with van der Waals surface area (Å²) in [6, 6.07) is 5.85. The minimum Gasteiger partial charge on any atom is -0.399 e. The fraction of sp³-hybridized carbons (Fsp3) is 0.231. The van der Waals surface area contributed by atoms with E-state index in [0.717, 1.165) is 11.9 Å². The third-order valence-electron chi connectivity index (χ3n) is 2.97. The topological polar surface area (TPSA) is 107 Å². The van der Waals surface area contributed by atoms with Gasteiger partial charge in [0, 0.05) is 30.8 Å². The molecule has 0 saturated carbocycles. The molecule has 1 aromatic carbocycles. The molecule has 0 radical (unpaired) electrons. The molecule has 21 heavy (non-hydrogen) atoms. The number of aryl methyl sites for hydroxylation is 1. The minimum atomic E-state index is -3.42. The number of sulfone groups is 1. The lowest BCUT2D eigenvalue weighted by Crippen LogP contribution is -2.24. The van der Waals surface area contributed by atoms with E-state index in [4.69, 9.17) is 5.73 Å². The van der Waals surface area contributed by atoms with Crippen LogP contribution in [0.5, 0.6) is 0 Å². The van der Waals surface area contributed by atoms with Crippen molar-refractivity contribution in [1.82, 2.24) is 15.1 Å². The summed E-state index contributed by atoms with van der Waals surface area (Å²) >= 11 is 0. The van der Waals surface area contributed by atoms with Gasteiger partial charge < -0.3 is 11.1 Å². The number of nitrogens with zero attached hydrogens (tertiary/aromatic N) is 2. The smallest absolute Gasteiger partial charge is 0.251 e. The number of nitrogen functional groups attached to an aromatic ring is 1. The lowest BCUT2D eigenvalue weighted by molar-refractivity contribution is 0.0950. The first-order chi connectivity index (χ1) is 9.77. The molecule has 0 aliphatic rings.